The highest BCUT2D eigenvalue weighted by atomic mass is 15.2. The Hall–Kier alpha value is -6.32. The number of fused-ring (bicyclic) bond motifs is 5. The Labute approximate surface area is 312 Å². The summed E-state index contributed by atoms with van der Waals surface area (Å²) in [5.74, 6) is 0. The van der Waals surface area contributed by atoms with Crippen molar-refractivity contribution < 1.29 is 0 Å². The normalized spacial score (nSPS) is 13.5. The van der Waals surface area contributed by atoms with Crippen LogP contribution in [0.3, 0.4) is 0 Å². The second-order valence-corrected chi connectivity index (χ2v) is 15.2. The van der Waals surface area contributed by atoms with Crippen LogP contribution in [0.15, 0.2) is 170 Å². The molecule has 0 bridgehead atoms. The molecular formula is C50H39BN2. The molecule has 2 aliphatic heterocycles. The second-order valence-electron chi connectivity index (χ2n) is 15.2. The maximum atomic E-state index is 3.92. The van der Waals surface area contributed by atoms with Gasteiger partial charge in [-0.1, -0.05) is 147 Å². The largest absolute Gasteiger partial charge is 0.355 e. The SMILES string of the molecule is Cc1cc(-c2ccccc2Nc2cc(-c3ccccc3)cc(-c3ccccc3)c2)c2c(c1)N1c3cc4ccccc4cc3C(C)(C)c3cccc(c31)B2. The first-order chi connectivity index (χ1) is 25.9. The molecule has 0 fully saturated rings. The minimum absolute atomic E-state index is 0.130. The quantitative estimate of drug-likeness (QED) is 0.182. The van der Waals surface area contributed by atoms with Crippen molar-refractivity contribution in [2.45, 2.75) is 26.2 Å². The van der Waals surface area contributed by atoms with Gasteiger partial charge in [-0.3, -0.25) is 0 Å². The number of aryl methyl sites for hydroxylation is 1. The first-order valence-electron chi connectivity index (χ1n) is 18.6. The molecule has 3 heteroatoms. The molecule has 2 aliphatic rings. The molecule has 0 aliphatic carbocycles. The monoisotopic (exact) mass is 678 g/mol. The number of hydrogen-bond donors (Lipinski definition) is 1. The topological polar surface area (TPSA) is 15.3 Å². The van der Waals surface area contributed by atoms with Crippen LogP contribution in [0.5, 0.6) is 0 Å². The lowest BCUT2D eigenvalue weighted by molar-refractivity contribution is 0.633. The maximum absolute atomic E-state index is 3.92. The summed E-state index contributed by atoms with van der Waals surface area (Å²) in [4.78, 5) is 2.58. The van der Waals surface area contributed by atoms with E-state index in [-0.39, 0.29) is 5.41 Å². The predicted octanol–water partition coefficient (Wildman–Crippen LogP) is 11.7. The van der Waals surface area contributed by atoms with E-state index in [9.17, 15) is 0 Å². The molecule has 0 unspecified atom stereocenters. The molecule has 0 radical (unpaired) electrons. The van der Waals surface area contributed by atoms with Crippen LogP contribution in [0.1, 0.15) is 30.5 Å². The van der Waals surface area contributed by atoms with Gasteiger partial charge in [0, 0.05) is 33.7 Å². The Morgan fingerprint density at radius 2 is 1.15 bits per heavy atom. The van der Waals surface area contributed by atoms with Gasteiger partial charge < -0.3 is 10.2 Å². The van der Waals surface area contributed by atoms with Crippen LogP contribution >= 0.6 is 0 Å². The van der Waals surface area contributed by atoms with Crippen molar-refractivity contribution in [3.63, 3.8) is 0 Å². The van der Waals surface area contributed by atoms with E-state index in [4.69, 9.17) is 0 Å². The third-order valence-corrected chi connectivity index (χ3v) is 11.4. The molecule has 252 valence electrons. The van der Waals surface area contributed by atoms with Crippen LogP contribution < -0.4 is 21.1 Å². The summed E-state index contributed by atoms with van der Waals surface area (Å²) in [5, 5.41) is 6.47. The lowest BCUT2D eigenvalue weighted by atomic mass is 9.55. The van der Waals surface area contributed by atoms with E-state index in [0.29, 0.717) is 0 Å². The highest BCUT2D eigenvalue weighted by molar-refractivity contribution is 6.73. The van der Waals surface area contributed by atoms with Gasteiger partial charge in [-0.2, -0.15) is 0 Å². The van der Waals surface area contributed by atoms with Crippen LogP contribution in [-0.4, -0.2) is 7.28 Å². The number of nitrogens with zero attached hydrogens (tertiary/aromatic N) is 1. The summed E-state index contributed by atoms with van der Waals surface area (Å²) in [6, 6.07) is 62.4. The second kappa shape index (κ2) is 12.1. The minimum atomic E-state index is -0.130. The van der Waals surface area contributed by atoms with Crippen molar-refractivity contribution in [2.75, 3.05) is 10.2 Å². The van der Waals surface area contributed by atoms with Crippen molar-refractivity contribution in [2.24, 2.45) is 0 Å². The Balaban J connectivity index is 1.14. The standard InChI is InChI=1S/C50H39BN2/c1-32-25-41(40-21-12-13-24-45(40)52-39-28-37(33-15-6-4-7-16-33)27-38(29-39)34-17-8-5-9-18-34)48-47(26-32)53-46-31-36-20-11-10-19-35(36)30-43(46)50(2,3)42-22-14-23-44(51-48)49(42)53/h4-31,51-52H,1-3H3. The zero-order valence-electron chi connectivity index (χ0n) is 30.3. The number of nitrogens with one attached hydrogen (secondary N) is 1. The number of anilines is 5. The summed E-state index contributed by atoms with van der Waals surface area (Å²) >= 11 is 0. The maximum Gasteiger partial charge on any atom is 0.198 e. The van der Waals surface area contributed by atoms with Gasteiger partial charge in [0.2, 0.25) is 0 Å². The Morgan fingerprint density at radius 3 is 1.87 bits per heavy atom. The van der Waals surface area contributed by atoms with Gasteiger partial charge in [0.05, 0.1) is 5.69 Å². The van der Waals surface area contributed by atoms with Crippen molar-refractivity contribution in [3.05, 3.63) is 187 Å². The third-order valence-electron chi connectivity index (χ3n) is 11.4. The molecule has 0 saturated carbocycles. The lowest BCUT2D eigenvalue weighted by Crippen LogP contribution is -2.45. The fraction of sp³-hybridized carbons (Fsp3) is 0.0800. The van der Waals surface area contributed by atoms with Crippen LogP contribution in [0.2, 0.25) is 0 Å². The zero-order chi connectivity index (χ0) is 35.7. The van der Waals surface area contributed by atoms with Crippen LogP contribution in [0, 0.1) is 6.92 Å². The van der Waals surface area contributed by atoms with Gasteiger partial charge in [-0.15, -0.1) is 0 Å². The number of benzene rings is 8. The molecule has 2 nitrogen and oxygen atoms in total. The molecular weight excluding hydrogens is 639 g/mol. The van der Waals surface area contributed by atoms with E-state index in [1.807, 2.05) is 0 Å². The van der Waals surface area contributed by atoms with Gasteiger partial charge in [0.25, 0.3) is 0 Å². The highest BCUT2D eigenvalue weighted by Crippen LogP contribution is 2.53. The first kappa shape index (κ1) is 31.4. The zero-order valence-corrected chi connectivity index (χ0v) is 30.3. The minimum Gasteiger partial charge on any atom is -0.355 e. The van der Waals surface area contributed by atoms with Crippen LogP contribution in [0.25, 0.3) is 44.2 Å². The Morgan fingerprint density at radius 1 is 0.509 bits per heavy atom. The van der Waals surface area contributed by atoms with Gasteiger partial charge >= 0.3 is 0 Å². The highest BCUT2D eigenvalue weighted by Gasteiger charge is 2.41. The molecule has 0 amide bonds. The predicted molar refractivity (Wildman–Crippen MR) is 228 cm³/mol. The summed E-state index contributed by atoms with van der Waals surface area (Å²) in [5.41, 5.74) is 19.9. The van der Waals surface area contributed by atoms with Crippen LogP contribution in [0.4, 0.5) is 28.4 Å². The lowest BCUT2D eigenvalue weighted by Gasteiger charge is -2.46. The molecule has 0 atom stereocenters. The smallest absolute Gasteiger partial charge is 0.198 e. The van der Waals surface area contributed by atoms with E-state index < -0.39 is 0 Å². The van der Waals surface area contributed by atoms with E-state index in [1.165, 1.54) is 88.8 Å². The summed E-state index contributed by atoms with van der Waals surface area (Å²) in [6.45, 7) is 7.03. The van der Waals surface area contributed by atoms with E-state index >= 15 is 0 Å². The molecule has 8 aromatic carbocycles. The van der Waals surface area contributed by atoms with Gasteiger partial charge in [0.15, 0.2) is 7.28 Å². The first-order valence-corrected chi connectivity index (χ1v) is 18.6. The van der Waals surface area contributed by atoms with E-state index in [2.05, 4.69) is 201 Å². The summed E-state index contributed by atoms with van der Waals surface area (Å²) in [7, 11) is 0.875. The summed E-state index contributed by atoms with van der Waals surface area (Å²) in [6.07, 6.45) is 0. The number of rotatable bonds is 5. The molecule has 8 aromatic rings. The number of para-hydroxylation sites is 2. The van der Waals surface area contributed by atoms with Gasteiger partial charge in [0.1, 0.15) is 0 Å². The fourth-order valence-electron chi connectivity index (χ4n) is 8.82. The van der Waals surface area contributed by atoms with Crippen molar-refractivity contribution in [1.82, 2.24) is 0 Å². The number of hydrogen-bond acceptors (Lipinski definition) is 2. The molecule has 0 aromatic heterocycles. The van der Waals surface area contributed by atoms with Crippen LogP contribution in [-0.2, 0) is 5.41 Å². The summed E-state index contributed by atoms with van der Waals surface area (Å²) < 4.78 is 0. The van der Waals surface area contributed by atoms with Gasteiger partial charge in [-0.05, 0) is 110 Å². The average Bonchev–Trinajstić information content (AvgIpc) is 3.19. The molecule has 53 heavy (non-hydrogen) atoms. The van der Waals surface area contributed by atoms with E-state index in [1.54, 1.807) is 0 Å². The van der Waals surface area contributed by atoms with Crippen molar-refractivity contribution in [1.29, 1.82) is 0 Å². The molecule has 0 saturated heterocycles. The fourth-order valence-corrected chi connectivity index (χ4v) is 8.82. The van der Waals surface area contributed by atoms with Gasteiger partial charge in [-0.25, -0.2) is 0 Å². The van der Waals surface area contributed by atoms with Crippen molar-refractivity contribution >= 4 is 57.4 Å². The molecule has 0 spiro atoms. The Bertz CT molecular complexity index is 2660. The molecule has 10 rings (SSSR count). The Kier molecular flexibility index (Phi) is 7.20. The van der Waals surface area contributed by atoms with Crippen molar-refractivity contribution in [3.8, 4) is 33.4 Å². The molecule has 2 heterocycles. The van der Waals surface area contributed by atoms with E-state index in [0.717, 1.165) is 18.7 Å². The average molecular weight is 679 g/mol. The third kappa shape index (κ3) is 5.18. The molecule has 1 N–H and O–H groups in total.